The summed E-state index contributed by atoms with van der Waals surface area (Å²) in [7, 11) is -4.87. The summed E-state index contributed by atoms with van der Waals surface area (Å²) in [6, 6.07) is 14.9. The van der Waals surface area contributed by atoms with Gasteiger partial charge < -0.3 is 19.4 Å². The van der Waals surface area contributed by atoms with Crippen LogP contribution in [0.3, 0.4) is 0 Å². The molecule has 50 heavy (non-hydrogen) atoms. The number of pyridine rings is 1. The van der Waals surface area contributed by atoms with Gasteiger partial charge in [0.1, 0.15) is 17.3 Å². The van der Waals surface area contributed by atoms with Gasteiger partial charge >= 0.3 is 0 Å². The molecule has 0 unspecified atom stereocenters. The van der Waals surface area contributed by atoms with Crippen molar-refractivity contribution in [3.8, 4) is 11.1 Å². The number of morpholine rings is 1. The zero-order valence-corrected chi connectivity index (χ0v) is 27.9. The van der Waals surface area contributed by atoms with E-state index in [0.29, 0.717) is 92.2 Å². The van der Waals surface area contributed by atoms with Crippen molar-refractivity contribution in [2.45, 2.75) is 4.90 Å². The van der Waals surface area contributed by atoms with Crippen LogP contribution >= 0.6 is 0 Å². The van der Waals surface area contributed by atoms with Gasteiger partial charge in [-0.2, -0.15) is 4.21 Å². The Hall–Kier alpha value is -5.32. The van der Waals surface area contributed by atoms with Crippen molar-refractivity contribution < 1.29 is 27.2 Å². The number of nitro groups is 1. The average molecular weight is 705 g/mol. The van der Waals surface area contributed by atoms with Gasteiger partial charge in [-0.1, -0.05) is 6.07 Å². The lowest BCUT2D eigenvalue weighted by atomic mass is 10.1. The number of nitro benzene ring substituents is 1. The van der Waals surface area contributed by atoms with Crippen molar-refractivity contribution in [1.82, 2.24) is 15.0 Å². The van der Waals surface area contributed by atoms with E-state index in [9.17, 15) is 27.7 Å². The molecule has 260 valence electrons. The molecule has 0 saturated carbocycles. The highest BCUT2D eigenvalue weighted by molar-refractivity contribution is 8.15. The minimum Gasteiger partial charge on any atom is -0.378 e. The molecule has 2 aliphatic heterocycles. The van der Waals surface area contributed by atoms with E-state index in [4.69, 9.17) is 9.72 Å². The normalized spacial score (nSPS) is 16.2. The molecule has 0 spiro atoms. The first kappa shape index (κ1) is 33.2. The lowest BCUT2D eigenvalue weighted by molar-refractivity contribution is -0.384. The largest absolute Gasteiger partial charge is 0.378 e. The Kier molecular flexibility index (Phi) is 8.53. The number of rotatable bonds is 8. The molecule has 2 aliphatic rings. The lowest BCUT2D eigenvalue weighted by Crippen LogP contribution is -2.47. The first-order chi connectivity index (χ1) is 23.9. The first-order valence-corrected chi connectivity index (χ1v) is 18.2. The van der Waals surface area contributed by atoms with Gasteiger partial charge in [-0.3, -0.25) is 29.4 Å². The van der Waals surface area contributed by atoms with Crippen LogP contribution in [0, 0.1) is 21.7 Å². The van der Waals surface area contributed by atoms with Crippen LogP contribution in [0.1, 0.15) is 0 Å². The van der Waals surface area contributed by atoms with Gasteiger partial charge in [0.05, 0.1) is 52.1 Å². The summed E-state index contributed by atoms with van der Waals surface area (Å²) >= 11 is 0. The SMILES string of the molecule is CS(=O)(O)(Nc1ccc(F)cc1F)c1cncc(-c2ccc3ncc(N4CCN(c5ccc([N+](=O)[O-])c(N6CCOCC6)c5)CC4)nc3c2)c1. The van der Waals surface area contributed by atoms with Crippen LogP contribution in [0.4, 0.5) is 37.3 Å². The van der Waals surface area contributed by atoms with Crippen molar-refractivity contribution in [1.29, 1.82) is 0 Å². The Morgan fingerprint density at radius 2 is 1.62 bits per heavy atom. The van der Waals surface area contributed by atoms with Gasteiger partial charge in [0.15, 0.2) is 5.82 Å². The molecular formula is C34H34F2N8O5S. The van der Waals surface area contributed by atoms with Crippen molar-refractivity contribution in [3.63, 3.8) is 0 Å². The Bertz CT molecular complexity index is 2170. The Morgan fingerprint density at radius 3 is 2.36 bits per heavy atom. The minimum absolute atomic E-state index is 0.0777. The molecule has 7 rings (SSSR count). The molecule has 0 amide bonds. The van der Waals surface area contributed by atoms with Crippen LogP contribution in [0.15, 0.2) is 84.1 Å². The maximum Gasteiger partial charge on any atom is 0.292 e. The summed E-state index contributed by atoms with van der Waals surface area (Å²) in [6.07, 6.45) is 5.55. The molecule has 2 aromatic heterocycles. The van der Waals surface area contributed by atoms with Crippen molar-refractivity contribution in [2.75, 3.05) is 78.2 Å². The van der Waals surface area contributed by atoms with Crippen LogP contribution in [0.2, 0.25) is 0 Å². The van der Waals surface area contributed by atoms with E-state index in [1.807, 2.05) is 23.1 Å². The fraction of sp³-hybridized carbons (Fsp3) is 0.265. The van der Waals surface area contributed by atoms with E-state index >= 15 is 0 Å². The summed E-state index contributed by atoms with van der Waals surface area (Å²) in [6.45, 7) is 4.90. The maximum absolute atomic E-state index is 14.3. The summed E-state index contributed by atoms with van der Waals surface area (Å²) in [5.41, 5.74) is 3.76. The number of ether oxygens (including phenoxy) is 1. The predicted octanol–water partition coefficient (Wildman–Crippen LogP) is 5.35. The van der Waals surface area contributed by atoms with Gasteiger partial charge in [-0.15, -0.1) is 9.53 Å². The third-order valence-electron chi connectivity index (χ3n) is 8.89. The van der Waals surface area contributed by atoms with Gasteiger partial charge in [-0.05, 0) is 48.0 Å². The molecule has 2 saturated heterocycles. The highest BCUT2D eigenvalue weighted by Crippen LogP contribution is 2.36. The molecule has 0 bridgehead atoms. The molecule has 2 N–H and O–H groups in total. The van der Waals surface area contributed by atoms with Crippen LogP contribution in [-0.2, 0) is 14.3 Å². The number of benzene rings is 3. The van der Waals surface area contributed by atoms with E-state index in [-0.39, 0.29) is 21.2 Å². The average Bonchev–Trinajstić information content (AvgIpc) is 3.12. The number of nitrogens with one attached hydrogen (secondary N) is 1. The highest BCUT2D eigenvalue weighted by atomic mass is 32.3. The Morgan fingerprint density at radius 1 is 0.860 bits per heavy atom. The molecule has 5 aromatic rings. The third kappa shape index (κ3) is 6.77. The standard InChI is InChI=1S/C34H34F2N8O5S/c1-50(47,48,40-29-6-3-25(35)18-28(29)36)27-16-24(20-37-21-27)23-2-5-30-31(17-23)39-34(22-38-30)43-10-8-41(9-11-43)26-4-7-32(44(45)46)33(19-26)42-12-14-49-15-13-42/h2-7,16-22H,8-15H2,1H3,(H2,40,47,48). The third-order valence-corrected chi connectivity index (χ3v) is 10.9. The number of hydrogen-bond acceptors (Lipinski definition) is 10. The number of anilines is 4. The van der Waals surface area contributed by atoms with E-state index in [1.54, 1.807) is 30.6 Å². The quantitative estimate of drug-likeness (QED) is 0.159. The monoisotopic (exact) mass is 704 g/mol. The molecule has 16 heteroatoms. The Labute approximate surface area is 286 Å². The highest BCUT2D eigenvalue weighted by Gasteiger charge is 2.27. The molecule has 0 radical (unpaired) electrons. The maximum atomic E-state index is 14.3. The van der Waals surface area contributed by atoms with E-state index in [0.717, 1.165) is 24.1 Å². The summed E-state index contributed by atoms with van der Waals surface area (Å²) in [5, 5.41) is 11.8. The van der Waals surface area contributed by atoms with Crippen molar-refractivity contribution in [2.24, 2.45) is 0 Å². The second-order valence-electron chi connectivity index (χ2n) is 12.4. The molecule has 4 heterocycles. The van der Waals surface area contributed by atoms with Gasteiger partial charge in [0, 0.05) is 75.1 Å². The smallest absolute Gasteiger partial charge is 0.292 e. The number of halogens is 2. The van der Waals surface area contributed by atoms with Gasteiger partial charge in [0.25, 0.3) is 5.69 Å². The number of aromatic nitrogens is 3. The topological polar surface area (TPSA) is 150 Å². The van der Waals surface area contributed by atoms with Crippen LogP contribution < -0.4 is 19.4 Å². The number of nitrogens with zero attached hydrogens (tertiary/aromatic N) is 7. The summed E-state index contributed by atoms with van der Waals surface area (Å²) in [4.78, 5) is 31.4. The first-order valence-electron chi connectivity index (χ1n) is 15.9. The van der Waals surface area contributed by atoms with Crippen molar-refractivity contribution >= 4 is 49.1 Å². The number of fused-ring (bicyclic) bond motifs is 1. The molecule has 3 aromatic carbocycles. The molecule has 0 atom stereocenters. The van der Waals surface area contributed by atoms with Gasteiger partial charge in [0.2, 0.25) is 0 Å². The second-order valence-corrected chi connectivity index (χ2v) is 15.6. The summed E-state index contributed by atoms with van der Waals surface area (Å²) in [5.74, 6) is -1.12. The zero-order chi connectivity index (χ0) is 35.1. The van der Waals surface area contributed by atoms with Crippen LogP contribution in [0.25, 0.3) is 22.2 Å². The molecule has 0 aliphatic carbocycles. The molecule has 2 fully saturated rings. The zero-order valence-electron chi connectivity index (χ0n) is 27.0. The van der Waals surface area contributed by atoms with Crippen LogP contribution in [-0.4, -0.2) is 87.4 Å². The fourth-order valence-corrected chi connectivity index (χ4v) is 7.69. The van der Waals surface area contributed by atoms with E-state index in [1.165, 1.54) is 12.3 Å². The second kappa shape index (κ2) is 12.9. The van der Waals surface area contributed by atoms with Crippen LogP contribution in [0.5, 0.6) is 0 Å². The summed E-state index contributed by atoms with van der Waals surface area (Å²) < 4.78 is 60.5. The fourth-order valence-electron chi connectivity index (χ4n) is 6.18. The van der Waals surface area contributed by atoms with E-state index < -0.39 is 21.2 Å². The predicted molar refractivity (Wildman–Crippen MR) is 188 cm³/mol. The lowest BCUT2D eigenvalue weighted by Gasteiger charge is -2.40. The minimum atomic E-state index is -4.87. The molecule has 13 nitrogen and oxygen atoms in total. The van der Waals surface area contributed by atoms with Gasteiger partial charge in [-0.25, -0.2) is 13.8 Å². The Balaban J connectivity index is 1.09. The van der Waals surface area contributed by atoms with E-state index in [2.05, 4.69) is 24.5 Å². The number of hydrogen-bond donors (Lipinski definition) is 2. The van der Waals surface area contributed by atoms with Crippen molar-refractivity contribution in [3.05, 3.63) is 101 Å². The number of piperazine rings is 1. The molecular weight excluding hydrogens is 670 g/mol.